The quantitative estimate of drug-likeness (QED) is 0.611. The number of nitrogens with one attached hydrogen (secondary N) is 1. The summed E-state index contributed by atoms with van der Waals surface area (Å²) in [5.41, 5.74) is 0. The van der Waals surface area contributed by atoms with Crippen LogP contribution in [0.4, 0.5) is 0 Å². The van der Waals surface area contributed by atoms with Crippen LogP contribution in [-0.2, 0) is 0 Å². The summed E-state index contributed by atoms with van der Waals surface area (Å²) in [7, 11) is 4.52. The van der Waals surface area contributed by atoms with Crippen LogP contribution in [0.5, 0.6) is 0 Å². The molecule has 1 aliphatic carbocycles. The Morgan fingerprint density at radius 3 is 1.85 bits per heavy atom. The Bertz CT molecular complexity index is 115. The molecule has 76 valence electrons. The average molecular weight is 181 g/mol. The third-order valence-electron chi connectivity index (χ3n) is 3.41. The van der Waals surface area contributed by atoms with E-state index in [2.05, 4.69) is 20.2 Å². The molecule has 0 unspecified atom stereocenters. The van der Waals surface area contributed by atoms with Gasteiger partial charge in [0.15, 0.2) is 0 Å². The van der Waals surface area contributed by atoms with E-state index in [1.807, 2.05) is 0 Å². The Kier molecular flexibility index (Phi) is 5.53. The van der Waals surface area contributed by atoms with E-state index in [9.17, 15) is 0 Å². The van der Waals surface area contributed by atoms with Crippen LogP contribution in [-0.4, -0.2) is 20.9 Å². The first kappa shape index (κ1) is 11.1. The van der Waals surface area contributed by atoms with Crippen LogP contribution in [0.2, 0.25) is 5.82 Å². The Balaban J connectivity index is 2.24. The fourth-order valence-corrected chi connectivity index (χ4v) is 2.34. The van der Waals surface area contributed by atoms with Crippen molar-refractivity contribution in [3.8, 4) is 0 Å². The summed E-state index contributed by atoms with van der Waals surface area (Å²) in [5.74, 6) is 0.978. The average Bonchev–Trinajstić information content (AvgIpc) is 2.16. The lowest BCUT2D eigenvalue weighted by Gasteiger charge is -2.19. The minimum absolute atomic E-state index is 0.799. The van der Waals surface area contributed by atoms with Crippen LogP contribution in [0.1, 0.15) is 51.4 Å². The Morgan fingerprint density at radius 2 is 1.38 bits per heavy atom. The summed E-state index contributed by atoms with van der Waals surface area (Å²) >= 11 is 0. The highest BCUT2D eigenvalue weighted by atomic mass is 14.9. The minimum Gasteiger partial charge on any atom is -0.317 e. The number of hydrogen-bond acceptors (Lipinski definition) is 1. The first-order valence-electron chi connectivity index (χ1n) is 6.00. The van der Waals surface area contributed by atoms with Crippen LogP contribution in [0, 0.1) is 0 Å². The molecule has 0 aromatic rings. The maximum absolute atomic E-state index is 3.43. The second kappa shape index (κ2) is 6.47. The van der Waals surface area contributed by atoms with Gasteiger partial charge in [0.05, 0.1) is 0 Å². The molecule has 0 aromatic heterocycles. The first-order valence-corrected chi connectivity index (χ1v) is 6.00. The maximum Gasteiger partial charge on any atom is 0.105 e. The standard InChI is InChI=1S/C11H24BN/c1-13-11-8-4-2-6-10(12)7-3-5-9-11/h10-11,13H,2-9,12H2,1H3. The van der Waals surface area contributed by atoms with E-state index < -0.39 is 0 Å². The monoisotopic (exact) mass is 181 g/mol. The van der Waals surface area contributed by atoms with E-state index in [0.29, 0.717) is 0 Å². The van der Waals surface area contributed by atoms with Crippen molar-refractivity contribution in [3.63, 3.8) is 0 Å². The van der Waals surface area contributed by atoms with Gasteiger partial charge in [0.2, 0.25) is 0 Å². The maximum atomic E-state index is 3.43. The summed E-state index contributed by atoms with van der Waals surface area (Å²) in [5, 5.41) is 3.43. The van der Waals surface area contributed by atoms with Gasteiger partial charge >= 0.3 is 0 Å². The van der Waals surface area contributed by atoms with Gasteiger partial charge in [0.25, 0.3) is 0 Å². The second-order valence-corrected chi connectivity index (χ2v) is 4.66. The predicted octanol–water partition coefficient (Wildman–Crippen LogP) is 2.13. The van der Waals surface area contributed by atoms with Crippen molar-refractivity contribution in [2.45, 2.75) is 63.2 Å². The van der Waals surface area contributed by atoms with Crippen LogP contribution < -0.4 is 5.32 Å². The molecule has 0 aromatic carbocycles. The van der Waals surface area contributed by atoms with Crippen LogP contribution >= 0.6 is 0 Å². The Hall–Kier alpha value is 0.0249. The highest BCUT2D eigenvalue weighted by Gasteiger charge is 2.09. The largest absolute Gasteiger partial charge is 0.317 e. The van der Waals surface area contributed by atoms with Crippen molar-refractivity contribution in [2.24, 2.45) is 0 Å². The molecule has 13 heavy (non-hydrogen) atoms. The first-order chi connectivity index (χ1) is 6.33. The summed E-state index contributed by atoms with van der Waals surface area (Å²) in [6.07, 6.45) is 11.4. The van der Waals surface area contributed by atoms with Crippen LogP contribution in [0.3, 0.4) is 0 Å². The SMILES string of the molecule is BC1CCCCC(NC)CCCC1. The molecule has 1 nitrogen and oxygen atoms in total. The zero-order valence-corrected chi connectivity index (χ0v) is 9.31. The molecule has 0 radical (unpaired) electrons. The van der Waals surface area contributed by atoms with Gasteiger partial charge in [-0.2, -0.15) is 0 Å². The van der Waals surface area contributed by atoms with E-state index in [1.54, 1.807) is 0 Å². The fourth-order valence-electron chi connectivity index (χ4n) is 2.34. The molecule has 1 N–H and O–H groups in total. The third-order valence-corrected chi connectivity index (χ3v) is 3.41. The lowest BCUT2D eigenvalue weighted by atomic mass is 9.78. The Labute approximate surface area is 84.1 Å². The van der Waals surface area contributed by atoms with E-state index >= 15 is 0 Å². The minimum atomic E-state index is 0.799. The van der Waals surface area contributed by atoms with Crippen molar-refractivity contribution in [1.29, 1.82) is 0 Å². The van der Waals surface area contributed by atoms with Crippen molar-refractivity contribution >= 4 is 7.85 Å². The van der Waals surface area contributed by atoms with Gasteiger partial charge in [0, 0.05) is 6.04 Å². The molecule has 0 saturated heterocycles. The van der Waals surface area contributed by atoms with Crippen molar-refractivity contribution in [2.75, 3.05) is 7.05 Å². The van der Waals surface area contributed by atoms with Gasteiger partial charge in [-0.3, -0.25) is 0 Å². The molecule has 0 amide bonds. The topological polar surface area (TPSA) is 12.0 Å². The highest BCUT2D eigenvalue weighted by Crippen LogP contribution is 2.22. The highest BCUT2D eigenvalue weighted by molar-refractivity contribution is 6.11. The summed E-state index contributed by atoms with van der Waals surface area (Å²) in [4.78, 5) is 0. The van der Waals surface area contributed by atoms with E-state index in [1.165, 1.54) is 51.4 Å². The van der Waals surface area contributed by atoms with Gasteiger partial charge in [-0.05, 0) is 19.9 Å². The fraction of sp³-hybridized carbons (Fsp3) is 1.00. The van der Waals surface area contributed by atoms with Crippen molar-refractivity contribution in [3.05, 3.63) is 0 Å². The molecule has 1 fully saturated rings. The summed E-state index contributed by atoms with van der Waals surface area (Å²) in [6, 6.07) is 0.799. The molecule has 1 aliphatic rings. The summed E-state index contributed by atoms with van der Waals surface area (Å²) < 4.78 is 0. The van der Waals surface area contributed by atoms with E-state index in [-0.39, 0.29) is 0 Å². The molecule has 0 aliphatic heterocycles. The zero-order chi connectivity index (χ0) is 9.52. The van der Waals surface area contributed by atoms with Gasteiger partial charge < -0.3 is 5.32 Å². The lowest BCUT2D eigenvalue weighted by Crippen LogP contribution is -2.25. The molecular formula is C11H24BN. The molecule has 2 heteroatoms. The van der Waals surface area contributed by atoms with Gasteiger partial charge in [-0.1, -0.05) is 44.3 Å². The molecule has 1 rings (SSSR count). The molecule has 0 heterocycles. The van der Waals surface area contributed by atoms with Gasteiger partial charge in [0.1, 0.15) is 7.85 Å². The van der Waals surface area contributed by atoms with Crippen molar-refractivity contribution in [1.82, 2.24) is 5.32 Å². The lowest BCUT2D eigenvalue weighted by molar-refractivity contribution is 0.420. The third kappa shape index (κ3) is 4.71. The van der Waals surface area contributed by atoms with Crippen molar-refractivity contribution < 1.29 is 0 Å². The van der Waals surface area contributed by atoms with Crippen LogP contribution in [0.25, 0.3) is 0 Å². The molecule has 0 bridgehead atoms. The van der Waals surface area contributed by atoms with E-state index in [0.717, 1.165) is 11.9 Å². The second-order valence-electron chi connectivity index (χ2n) is 4.66. The zero-order valence-electron chi connectivity index (χ0n) is 9.31. The van der Waals surface area contributed by atoms with Gasteiger partial charge in [-0.15, -0.1) is 0 Å². The summed E-state index contributed by atoms with van der Waals surface area (Å²) in [6.45, 7) is 0. The molecule has 1 saturated carbocycles. The van der Waals surface area contributed by atoms with E-state index in [4.69, 9.17) is 0 Å². The number of rotatable bonds is 1. The normalized spacial score (nSPS) is 32.7. The van der Waals surface area contributed by atoms with Crippen LogP contribution in [0.15, 0.2) is 0 Å². The predicted molar refractivity (Wildman–Crippen MR) is 62.1 cm³/mol. The molecular weight excluding hydrogens is 157 g/mol. The Morgan fingerprint density at radius 1 is 0.923 bits per heavy atom. The number of hydrogen-bond donors (Lipinski definition) is 1. The smallest absolute Gasteiger partial charge is 0.105 e. The van der Waals surface area contributed by atoms with Gasteiger partial charge in [-0.25, -0.2) is 0 Å². The molecule has 0 atom stereocenters. The molecule has 0 spiro atoms.